The molecule has 0 aromatic carbocycles. The lowest BCUT2D eigenvalue weighted by Crippen LogP contribution is -2.47. The van der Waals surface area contributed by atoms with Crippen molar-refractivity contribution in [3.05, 3.63) is 0 Å². The third kappa shape index (κ3) is 1.93. The van der Waals surface area contributed by atoms with Crippen molar-refractivity contribution in [3.63, 3.8) is 0 Å². The quantitative estimate of drug-likeness (QED) is 0.798. The summed E-state index contributed by atoms with van der Waals surface area (Å²) < 4.78 is 31.5. The average molecular weight is 234 g/mol. The maximum atomic E-state index is 13.1. The highest BCUT2D eigenvalue weighted by Gasteiger charge is 2.53. The van der Waals surface area contributed by atoms with Crippen LogP contribution in [0.25, 0.3) is 0 Å². The van der Waals surface area contributed by atoms with E-state index in [2.05, 4.69) is 0 Å². The molecule has 0 spiro atoms. The van der Waals surface area contributed by atoms with Gasteiger partial charge in [0.15, 0.2) is 0 Å². The van der Waals surface area contributed by atoms with Gasteiger partial charge in [0.25, 0.3) is 0 Å². The van der Waals surface area contributed by atoms with Gasteiger partial charge in [-0.2, -0.15) is 0 Å². The van der Waals surface area contributed by atoms with E-state index < -0.39 is 17.3 Å². The predicted molar refractivity (Wildman–Crippen MR) is 52.5 cm³/mol. The van der Waals surface area contributed by atoms with Crippen molar-refractivity contribution >= 4 is 5.97 Å². The van der Waals surface area contributed by atoms with E-state index in [1.807, 2.05) is 0 Å². The number of aliphatic carboxylic acids is 1. The van der Waals surface area contributed by atoms with Gasteiger partial charge in [-0.25, -0.2) is 8.78 Å². The number of halogens is 2. The van der Waals surface area contributed by atoms with Crippen LogP contribution in [0.5, 0.6) is 0 Å². The molecule has 0 bridgehead atoms. The van der Waals surface area contributed by atoms with Crippen molar-refractivity contribution in [2.45, 2.75) is 50.6 Å². The van der Waals surface area contributed by atoms with Gasteiger partial charge in [0.1, 0.15) is 0 Å². The van der Waals surface area contributed by atoms with Crippen molar-refractivity contribution in [2.24, 2.45) is 5.41 Å². The van der Waals surface area contributed by atoms with Crippen molar-refractivity contribution < 1.29 is 23.4 Å². The zero-order chi connectivity index (χ0) is 11.8. The van der Waals surface area contributed by atoms with E-state index in [4.69, 9.17) is 4.74 Å². The molecule has 0 aromatic rings. The van der Waals surface area contributed by atoms with E-state index in [-0.39, 0.29) is 31.8 Å². The Hall–Kier alpha value is -0.710. The van der Waals surface area contributed by atoms with Crippen LogP contribution < -0.4 is 0 Å². The van der Waals surface area contributed by atoms with Crippen LogP contribution in [-0.2, 0) is 9.53 Å². The highest BCUT2D eigenvalue weighted by atomic mass is 19.3. The smallest absolute Gasteiger partial charge is 0.312 e. The summed E-state index contributed by atoms with van der Waals surface area (Å²) in [6, 6.07) is 0. The first-order valence-electron chi connectivity index (χ1n) is 5.69. The predicted octanol–water partition coefficient (Wildman–Crippen LogP) is 2.45. The highest BCUT2D eigenvalue weighted by Crippen LogP contribution is 2.48. The Morgan fingerprint density at radius 3 is 2.31 bits per heavy atom. The molecule has 1 aliphatic carbocycles. The van der Waals surface area contributed by atoms with E-state index in [9.17, 15) is 18.7 Å². The van der Waals surface area contributed by atoms with Crippen molar-refractivity contribution in [2.75, 3.05) is 6.61 Å². The number of carbonyl (C=O) groups is 1. The van der Waals surface area contributed by atoms with Crippen LogP contribution in [0.2, 0.25) is 0 Å². The second kappa shape index (κ2) is 3.95. The van der Waals surface area contributed by atoms with Crippen LogP contribution in [0.1, 0.15) is 38.5 Å². The topological polar surface area (TPSA) is 46.5 Å². The highest BCUT2D eigenvalue weighted by molar-refractivity contribution is 5.75. The molecular weight excluding hydrogens is 218 g/mol. The monoisotopic (exact) mass is 234 g/mol. The van der Waals surface area contributed by atoms with Gasteiger partial charge in [-0.3, -0.25) is 4.79 Å². The molecule has 1 saturated carbocycles. The van der Waals surface area contributed by atoms with Crippen LogP contribution >= 0.6 is 0 Å². The number of alkyl halides is 2. The van der Waals surface area contributed by atoms with Crippen molar-refractivity contribution in [3.8, 4) is 0 Å². The van der Waals surface area contributed by atoms with Gasteiger partial charge in [-0.1, -0.05) is 0 Å². The summed E-state index contributed by atoms with van der Waals surface area (Å²) in [5.41, 5.74) is -1.07. The molecular formula is C11H16F2O3. The molecule has 0 radical (unpaired) electrons. The number of ether oxygens (including phenoxy) is 1. The van der Waals surface area contributed by atoms with Gasteiger partial charge in [-0.05, 0) is 25.7 Å². The van der Waals surface area contributed by atoms with Crippen LogP contribution in [0.4, 0.5) is 8.78 Å². The number of hydrogen-bond donors (Lipinski definition) is 1. The molecule has 2 fully saturated rings. The lowest BCUT2D eigenvalue weighted by atomic mass is 9.68. The first-order valence-corrected chi connectivity index (χ1v) is 5.69. The fraction of sp³-hybridized carbons (Fsp3) is 0.909. The molecule has 1 saturated heterocycles. The Labute approximate surface area is 92.8 Å². The Kier molecular flexibility index (Phi) is 2.90. The van der Waals surface area contributed by atoms with Gasteiger partial charge < -0.3 is 9.84 Å². The summed E-state index contributed by atoms with van der Waals surface area (Å²) in [6.07, 6.45) is 0.521. The second-order valence-corrected chi connectivity index (χ2v) is 4.82. The van der Waals surface area contributed by atoms with E-state index in [1.165, 1.54) is 0 Å². The summed E-state index contributed by atoms with van der Waals surface area (Å²) in [5, 5.41) is 9.29. The number of rotatable bonds is 2. The Morgan fingerprint density at radius 1 is 1.25 bits per heavy atom. The lowest BCUT2D eigenvalue weighted by molar-refractivity contribution is -0.169. The SMILES string of the molecule is O=C(O)C1(C2CCCO2)CCC(F)(F)CC1. The summed E-state index contributed by atoms with van der Waals surface area (Å²) >= 11 is 0. The molecule has 2 aliphatic rings. The van der Waals surface area contributed by atoms with Crippen molar-refractivity contribution in [1.82, 2.24) is 0 Å². The van der Waals surface area contributed by atoms with Crippen LogP contribution in [0.15, 0.2) is 0 Å². The molecule has 2 rings (SSSR count). The van der Waals surface area contributed by atoms with Gasteiger partial charge in [0, 0.05) is 19.4 Å². The largest absolute Gasteiger partial charge is 0.481 e. The minimum absolute atomic E-state index is 0.0278. The first-order chi connectivity index (χ1) is 7.46. The normalized spacial score (nSPS) is 32.5. The van der Waals surface area contributed by atoms with Crippen LogP contribution in [0.3, 0.4) is 0 Å². The lowest BCUT2D eigenvalue weighted by Gasteiger charge is -2.40. The zero-order valence-electron chi connectivity index (χ0n) is 9.05. The molecule has 92 valence electrons. The number of carboxylic acid groups (broad SMARTS) is 1. The third-order valence-electron chi connectivity index (χ3n) is 3.85. The summed E-state index contributed by atoms with van der Waals surface area (Å²) in [6.45, 7) is 0.552. The fourth-order valence-electron chi connectivity index (χ4n) is 2.75. The molecule has 1 atom stereocenters. The van der Waals surface area contributed by atoms with Crippen molar-refractivity contribution in [1.29, 1.82) is 0 Å². The van der Waals surface area contributed by atoms with Gasteiger partial charge in [0.05, 0.1) is 11.5 Å². The first kappa shape index (κ1) is 11.8. The fourth-order valence-corrected chi connectivity index (χ4v) is 2.75. The standard InChI is InChI=1S/C11H16F2O3/c12-11(13)5-3-10(4-6-11,9(14)15)8-2-1-7-16-8/h8H,1-7H2,(H,14,15). The summed E-state index contributed by atoms with van der Waals surface area (Å²) in [4.78, 5) is 11.3. The minimum Gasteiger partial charge on any atom is -0.481 e. The van der Waals surface area contributed by atoms with E-state index in [0.29, 0.717) is 13.0 Å². The van der Waals surface area contributed by atoms with Crippen LogP contribution in [-0.4, -0.2) is 29.7 Å². The molecule has 3 nitrogen and oxygen atoms in total. The third-order valence-corrected chi connectivity index (χ3v) is 3.85. The molecule has 16 heavy (non-hydrogen) atoms. The molecule has 1 aliphatic heterocycles. The maximum absolute atomic E-state index is 13.1. The Morgan fingerprint density at radius 2 is 1.88 bits per heavy atom. The number of carboxylic acids is 1. The average Bonchev–Trinajstić information content (AvgIpc) is 2.71. The molecule has 5 heteroatoms. The molecule has 0 aromatic heterocycles. The summed E-state index contributed by atoms with van der Waals surface area (Å²) in [7, 11) is 0. The van der Waals surface area contributed by atoms with Gasteiger partial charge in [0.2, 0.25) is 5.92 Å². The molecule has 1 N–H and O–H groups in total. The number of hydrogen-bond acceptors (Lipinski definition) is 2. The van der Waals surface area contributed by atoms with E-state index in [1.54, 1.807) is 0 Å². The maximum Gasteiger partial charge on any atom is 0.312 e. The molecule has 1 unspecified atom stereocenters. The van der Waals surface area contributed by atoms with Crippen LogP contribution in [0, 0.1) is 5.41 Å². The van der Waals surface area contributed by atoms with Gasteiger partial charge >= 0.3 is 5.97 Å². The molecule has 1 heterocycles. The minimum atomic E-state index is -2.70. The zero-order valence-corrected chi connectivity index (χ0v) is 9.05. The molecule has 0 amide bonds. The Balaban J connectivity index is 2.14. The second-order valence-electron chi connectivity index (χ2n) is 4.82. The van der Waals surface area contributed by atoms with E-state index >= 15 is 0 Å². The van der Waals surface area contributed by atoms with E-state index in [0.717, 1.165) is 6.42 Å². The Bertz CT molecular complexity index is 275. The summed E-state index contributed by atoms with van der Waals surface area (Å²) in [5.74, 6) is -3.67. The van der Waals surface area contributed by atoms with Gasteiger partial charge in [-0.15, -0.1) is 0 Å².